The first-order chi connectivity index (χ1) is 11.5. The van der Waals surface area contributed by atoms with Crippen LogP contribution in [0, 0.1) is 0 Å². The van der Waals surface area contributed by atoms with Gasteiger partial charge in [-0.25, -0.2) is 13.2 Å². The standard InChI is InChI=1S/C17H25BrN2O4S/c1-13-12-19(8-9-20(13)16(21)24-17(2,3)4)25(22,23)15-7-5-6-14(10-15)11-18/h5-7,10,13H,8-9,11-12H2,1-4H3/t13-/m1/s1. The molecule has 1 aliphatic heterocycles. The maximum atomic E-state index is 12.9. The number of alkyl halides is 1. The second-order valence-electron chi connectivity index (χ2n) is 7.17. The molecule has 1 heterocycles. The summed E-state index contributed by atoms with van der Waals surface area (Å²) in [7, 11) is -3.58. The molecule has 8 heteroatoms. The van der Waals surface area contributed by atoms with Crippen molar-refractivity contribution in [2.24, 2.45) is 0 Å². The van der Waals surface area contributed by atoms with Crippen LogP contribution in [0.3, 0.4) is 0 Å². The molecule has 1 saturated heterocycles. The van der Waals surface area contributed by atoms with E-state index in [1.165, 1.54) is 4.31 Å². The molecule has 1 aromatic carbocycles. The minimum atomic E-state index is -3.58. The van der Waals surface area contributed by atoms with Crippen molar-refractivity contribution in [2.45, 2.75) is 49.6 Å². The molecule has 0 radical (unpaired) electrons. The van der Waals surface area contributed by atoms with Crippen LogP contribution < -0.4 is 0 Å². The zero-order chi connectivity index (χ0) is 18.8. The van der Waals surface area contributed by atoms with Crippen molar-refractivity contribution >= 4 is 32.0 Å². The molecule has 1 aliphatic rings. The highest BCUT2D eigenvalue weighted by atomic mass is 79.9. The van der Waals surface area contributed by atoms with E-state index in [1.54, 1.807) is 23.1 Å². The highest BCUT2D eigenvalue weighted by Gasteiger charge is 2.36. The molecule has 0 aliphatic carbocycles. The van der Waals surface area contributed by atoms with E-state index >= 15 is 0 Å². The van der Waals surface area contributed by atoms with Gasteiger partial charge >= 0.3 is 6.09 Å². The fourth-order valence-corrected chi connectivity index (χ4v) is 4.60. The molecule has 2 rings (SSSR count). The number of hydrogen-bond acceptors (Lipinski definition) is 4. The van der Waals surface area contributed by atoms with Crippen LogP contribution in [0.4, 0.5) is 4.79 Å². The van der Waals surface area contributed by atoms with Crippen LogP contribution in [0.25, 0.3) is 0 Å². The molecule has 1 fully saturated rings. The Morgan fingerprint density at radius 1 is 1.32 bits per heavy atom. The number of benzene rings is 1. The SMILES string of the molecule is C[C@@H]1CN(S(=O)(=O)c2cccc(CBr)c2)CCN1C(=O)OC(C)(C)C. The van der Waals surface area contributed by atoms with Crippen LogP contribution >= 0.6 is 15.9 Å². The second kappa shape index (κ2) is 7.63. The highest BCUT2D eigenvalue weighted by molar-refractivity contribution is 9.08. The average molecular weight is 433 g/mol. The Morgan fingerprint density at radius 3 is 2.56 bits per heavy atom. The second-order valence-corrected chi connectivity index (χ2v) is 9.67. The average Bonchev–Trinajstić information content (AvgIpc) is 2.53. The maximum Gasteiger partial charge on any atom is 0.410 e. The van der Waals surface area contributed by atoms with E-state index in [0.29, 0.717) is 11.9 Å². The van der Waals surface area contributed by atoms with Crippen LogP contribution in [0.15, 0.2) is 29.2 Å². The Hall–Kier alpha value is -1.12. The Balaban J connectivity index is 2.12. The number of halogens is 1. The Bertz CT molecular complexity index is 730. The van der Waals surface area contributed by atoms with E-state index in [1.807, 2.05) is 33.8 Å². The molecule has 0 N–H and O–H groups in total. The fraction of sp³-hybridized carbons (Fsp3) is 0.588. The predicted molar refractivity (Wildman–Crippen MR) is 100 cm³/mol. The molecule has 1 aromatic rings. The predicted octanol–water partition coefficient (Wildman–Crippen LogP) is 3.21. The van der Waals surface area contributed by atoms with E-state index in [9.17, 15) is 13.2 Å². The number of nitrogens with zero attached hydrogens (tertiary/aromatic N) is 2. The van der Waals surface area contributed by atoms with E-state index in [0.717, 1.165) is 5.56 Å². The molecule has 0 spiro atoms. The topological polar surface area (TPSA) is 66.9 Å². The lowest BCUT2D eigenvalue weighted by Crippen LogP contribution is -2.56. The Kier molecular flexibility index (Phi) is 6.17. The fourth-order valence-electron chi connectivity index (χ4n) is 2.67. The highest BCUT2D eigenvalue weighted by Crippen LogP contribution is 2.23. The molecule has 0 unspecified atom stereocenters. The molecule has 25 heavy (non-hydrogen) atoms. The quantitative estimate of drug-likeness (QED) is 0.687. The van der Waals surface area contributed by atoms with Gasteiger partial charge in [0.25, 0.3) is 0 Å². The van der Waals surface area contributed by atoms with Crippen LogP contribution in [-0.2, 0) is 20.1 Å². The summed E-state index contributed by atoms with van der Waals surface area (Å²) >= 11 is 3.35. The summed E-state index contributed by atoms with van der Waals surface area (Å²) in [4.78, 5) is 14.1. The van der Waals surface area contributed by atoms with Gasteiger partial charge in [-0.05, 0) is 45.4 Å². The molecule has 1 atom stereocenters. The Morgan fingerprint density at radius 2 is 2.00 bits per heavy atom. The van der Waals surface area contributed by atoms with Gasteiger partial charge in [-0.2, -0.15) is 4.31 Å². The number of piperazine rings is 1. The molecule has 0 bridgehead atoms. The van der Waals surface area contributed by atoms with E-state index < -0.39 is 21.7 Å². The summed E-state index contributed by atoms with van der Waals surface area (Å²) in [6.07, 6.45) is -0.404. The van der Waals surface area contributed by atoms with Crippen molar-refractivity contribution in [2.75, 3.05) is 19.6 Å². The van der Waals surface area contributed by atoms with Crippen molar-refractivity contribution in [3.63, 3.8) is 0 Å². The lowest BCUT2D eigenvalue weighted by atomic mass is 10.2. The number of hydrogen-bond donors (Lipinski definition) is 0. The number of carbonyl (C=O) groups excluding carboxylic acids is 1. The third-order valence-corrected chi connectivity index (χ3v) is 6.42. The van der Waals surface area contributed by atoms with Crippen LogP contribution in [-0.4, -0.2) is 55.0 Å². The summed E-state index contributed by atoms with van der Waals surface area (Å²) in [6, 6.07) is 6.64. The number of sulfonamides is 1. The summed E-state index contributed by atoms with van der Waals surface area (Å²) in [5.41, 5.74) is 0.331. The van der Waals surface area contributed by atoms with Crippen molar-refractivity contribution in [1.82, 2.24) is 9.21 Å². The third-order valence-electron chi connectivity index (χ3n) is 3.91. The van der Waals surface area contributed by atoms with Gasteiger partial charge in [0.1, 0.15) is 5.60 Å². The molecular weight excluding hydrogens is 408 g/mol. The largest absolute Gasteiger partial charge is 0.444 e. The van der Waals surface area contributed by atoms with Crippen LogP contribution in [0.5, 0.6) is 0 Å². The number of rotatable bonds is 3. The monoisotopic (exact) mass is 432 g/mol. The third kappa shape index (κ3) is 4.95. The first kappa shape index (κ1) is 20.2. The molecule has 140 valence electrons. The number of carbonyl (C=O) groups is 1. The van der Waals surface area contributed by atoms with E-state index in [4.69, 9.17) is 4.74 Å². The van der Waals surface area contributed by atoms with Crippen LogP contribution in [0.1, 0.15) is 33.3 Å². The van der Waals surface area contributed by atoms with Gasteiger partial charge in [-0.1, -0.05) is 28.1 Å². The van der Waals surface area contributed by atoms with Crippen molar-refractivity contribution < 1.29 is 17.9 Å². The summed E-state index contributed by atoms with van der Waals surface area (Å²) < 4.78 is 32.6. The summed E-state index contributed by atoms with van der Waals surface area (Å²) in [5.74, 6) is 0. The van der Waals surface area contributed by atoms with Gasteiger partial charge in [-0.3, -0.25) is 0 Å². The zero-order valence-electron chi connectivity index (χ0n) is 15.0. The number of amides is 1. The van der Waals surface area contributed by atoms with Crippen molar-refractivity contribution in [1.29, 1.82) is 0 Å². The van der Waals surface area contributed by atoms with Gasteiger partial charge < -0.3 is 9.64 Å². The molecule has 0 saturated carbocycles. The van der Waals surface area contributed by atoms with Crippen molar-refractivity contribution in [3.8, 4) is 0 Å². The number of ether oxygens (including phenoxy) is 1. The van der Waals surface area contributed by atoms with Gasteiger partial charge in [0.2, 0.25) is 10.0 Å². The van der Waals surface area contributed by atoms with Gasteiger partial charge in [0.15, 0.2) is 0 Å². The molecular formula is C17H25BrN2O4S. The summed E-state index contributed by atoms with van der Waals surface area (Å²) in [6.45, 7) is 8.09. The minimum absolute atomic E-state index is 0.250. The maximum absolute atomic E-state index is 12.9. The first-order valence-corrected chi connectivity index (χ1v) is 10.8. The zero-order valence-corrected chi connectivity index (χ0v) is 17.4. The summed E-state index contributed by atoms with van der Waals surface area (Å²) in [5, 5.41) is 0.596. The lowest BCUT2D eigenvalue weighted by molar-refractivity contribution is 0.00859. The first-order valence-electron chi connectivity index (χ1n) is 8.19. The lowest BCUT2D eigenvalue weighted by Gasteiger charge is -2.39. The molecule has 6 nitrogen and oxygen atoms in total. The van der Waals surface area contributed by atoms with Gasteiger partial charge in [0, 0.05) is 31.0 Å². The van der Waals surface area contributed by atoms with Crippen LogP contribution in [0.2, 0.25) is 0 Å². The molecule has 1 amide bonds. The van der Waals surface area contributed by atoms with E-state index in [2.05, 4.69) is 15.9 Å². The van der Waals surface area contributed by atoms with E-state index in [-0.39, 0.29) is 24.0 Å². The normalized spacial score (nSPS) is 19.7. The Labute approximate surface area is 158 Å². The minimum Gasteiger partial charge on any atom is -0.444 e. The van der Waals surface area contributed by atoms with Crippen molar-refractivity contribution in [3.05, 3.63) is 29.8 Å². The van der Waals surface area contributed by atoms with Gasteiger partial charge in [0.05, 0.1) is 4.90 Å². The molecule has 0 aromatic heterocycles. The smallest absolute Gasteiger partial charge is 0.410 e. The van der Waals surface area contributed by atoms with Gasteiger partial charge in [-0.15, -0.1) is 0 Å².